The first-order valence-electron chi connectivity index (χ1n) is 10.3. The lowest BCUT2D eigenvalue weighted by atomic mass is 10.00. The van der Waals surface area contributed by atoms with E-state index in [1.165, 1.54) is 4.31 Å². The Kier molecular flexibility index (Phi) is 5.35. The maximum Gasteiger partial charge on any atom is 0.265 e. The molecule has 160 valence electrons. The van der Waals surface area contributed by atoms with Gasteiger partial charge in [0.05, 0.1) is 16.6 Å². The molecule has 1 amide bonds. The molecular formula is C25H26N2O3S. The molecule has 0 radical (unpaired) electrons. The van der Waals surface area contributed by atoms with Crippen LogP contribution in [-0.4, -0.2) is 20.9 Å². The molecule has 6 heteroatoms. The zero-order chi connectivity index (χ0) is 22.3. The van der Waals surface area contributed by atoms with Gasteiger partial charge in [0, 0.05) is 11.1 Å². The number of hydrogen-bond acceptors (Lipinski definition) is 3. The Balaban J connectivity index is 1.67. The van der Waals surface area contributed by atoms with Crippen LogP contribution in [0.2, 0.25) is 0 Å². The van der Waals surface area contributed by atoms with Crippen LogP contribution in [-0.2, 0) is 14.8 Å². The first-order valence-corrected chi connectivity index (χ1v) is 11.7. The molecule has 1 aliphatic rings. The van der Waals surface area contributed by atoms with Crippen molar-refractivity contribution in [3.63, 3.8) is 0 Å². The lowest BCUT2D eigenvalue weighted by molar-refractivity contribution is -0.120. The second kappa shape index (κ2) is 7.85. The summed E-state index contributed by atoms with van der Waals surface area (Å²) in [6, 6.07) is 18.4. The van der Waals surface area contributed by atoms with E-state index in [9.17, 15) is 13.2 Å². The van der Waals surface area contributed by atoms with Crippen LogP contribution in [0, 0.1) is 20.8 Å². The summed E-state index contributed by atoms with van der Waals surface area (Å²) in [7, 11) is -3.85. The molecule has 0 fully saturated rings. The number of aryl methyl sites for hydroxylation is 3. The fraction of sp³-hybridized carbons (Fsp3) is 0.240. The molecule has 0 spiro atoms. The van der Waals surface area contributed by atoms with E-state index in [0.29, 0.717) is 11.3 Å². The Morgan fingerprint density at radius 2 is 1.61 bits per heavy atom. The number of hydrogen-bond donors (Lipinski definition) is 1. The van der Waals surface area contributed by atoms with Gasteiger partial charge < -0.3 is 5.32 Å². The van der Waals surface area contributed by atoms with Crippen molar-refractivity contribution < 1.29 is 13.2 Å². The Bertz CT molecular complexity index is 1280. The zero-order valence-corrected chi connectivity index (χ0v) is 19.0. The second-order valence-corrected chi connectivity index (χ2v) is 10.0. The normalized spacial score (nSPS) is 15.0. The van der Waals surface area contributed by atoms with Crippen molar-refractivity contribution in [2.24, 2.45) is 0 Å². The average molecular weight is 435 g/mol. The molecule has 0 aromatic heterocycles. The van der Waals surface area contributed by atoms with Crippen LogP contribution in [0.4, 0.5) is 5.69 Å². The summed E-state index contributed by atoms with van der Waals surface area (Å²) in [5.74, 6) is -0.345. The summed E-state index contributed by atoms with van der Waals surface area (Å²) in [5, 5.41) is 2.97. The van der Waals surface area contributed by atoms with Crippen LogP contribution in [0.3, 0.4) is 0 Å². The average Bonchev–Trinajstić information content (AvgIpc) is 2.73. The third-order valence-electron chi connectivity index (χ3n) is 5.73. The molecule has 4 rings (SSSR count). The maximum absolute atomic E-state index is 13.4. The maximum atomic E-state index is 13.4. The Morgan fingerprint density at radius 1 is 0.935 bits per heavy atom. The Labute approximate surface area is 183 Å². The van der Waals surface area contributed by atoms with Crippen molar-refractivity contribution in [3.05, 3.63) is 82.9 Å². The number of benzene rings is 3. The minimum atomic E-state index is -3.85. The fourth-order valence-electron chi connectivity index (χ4n) is 4.14. The highest BCUT2D eigenvalue weighted by Gasteiger charge is 2.36. The van der Waals surface area contributed by atoms with Gasteiger partial charge in [-0.1, -0.05) is 53.6 Å². The highest BCUT2D eigenvalue weighted by atomic mass is 32.2. The number of carbonyl (C=O) groups is 1. The summed E-state index contributed by atoms with van der Waals surface area (Å²) in [4.78, 5) is 13.2. The van der Waals surface area contributed by atoms with Gasteiger partial charge in [-0.05, 0) is 57.0 Å². The van der Waals surface area contributed by atoms with E-state index in [-0.39, 0.29) is 23.4 Å². The van der Waals surface area contributed by atoms with Crippen molar-refractivity contribution in [3.8, 4) is 11.1 Å². The molecule has 5 nitrogen and oxygen atoms in total. The molecule has 3 aromatic rings. The first-order chi connectivity index (χ1) is 14.7. The third-order valence-corrected chi connectivity index (χ3v) is 7.55. The number of sulfonamides is 1. The van der Waals surface area contributed by atoms with Crippen LogP contribution in [0.1, 0.15) is 35.2 Å². The van der Waals surface area contributed by atoms with Gasteiger partial charge in [0.25, 0.3) is 10.0 Å². The van der Waals surface area contributed by atoms with E-state index >= 15 is 0 Å². The van der Waals surface area contributed by atoms with Crippen molar-refractivity contribution in [1.29, 1.82) is 0 Å². The molecule has 1 heterocycles. The quantitative estimate of drug-likeness (QED) is 0.649. The van der Waals surface area contributed by atoms with Crippen LogP contribution in [0.5, 0.6) is 0 Å². The molecular weight excluding hydrogens is 408 g/mol. The topological polar surface area (TPSA) is 66.5 Å². The van der Waals surface area contributed by atoms with E-state index < -0.39 is 10.0 Å². The molecule has 3 aromatic carbocycles. The summed E-state index contributed by atoms with van der Waals surface area (Å²) in [6.07, 6.45) is 0. The predicted molar refractivity (Wildman–Crippen MR) is 124 cm³/mol. The standard InChI is InChI=1S/C25H26N2O3S/c1-16-9-11-18(3)21(13-16)19(4)26-25(28)15-27-23-12-10-17(2)14-22(23)20-7-5-6-8-24(20)31(27,29)30/h5-14,19H,15H2,1-4H3,(H,26,28)/t19-/m0/s1. The molecule has 0 bridgehead atoms. The van der Waals surface area contributed by atoms with E-state index in [4.69, 9.17) is 0 Å². The van der Waals surface area contributed by atoms with Gasteiger partial charge in [0.15, 0.2) is 0 Å². The molecule has 0 saturated carbocycles. The first kappa shape index (κ1) is 21.1. The van der Waals surface area contributed by atoms with Gasteiger partial charge >= 0.3 is 0 Å². The monoisotopic (exact) mass is 434 g/mol. The fourth-order valence-corrected chi connectivity index (χ4v) is 5.79. The number of anilines is 1. The van der Waals surface area contributed by atoms with Crippen molar-refractivity contribution in [1.82, 2.24) is 5.32 Å². The van der Waals surface area contributed by atoms with E-state index in [2.05, 4.69) is 5.32 Å². The summed E-state index contributed by atoms with van der Waals surface area (Å²) >= 11 is 0. The van der Waals surface area contributed by atoms with Crippen LogP contribution in [0.25, 0.3) is 11.1 Å². The molecule has 1 aliphatic heterocycles. The van der Waals surface area contributed by atoms with Gasteiger partial charge in [-0.15, -0.1) is 0 Å². The minimum Gasteiger partial charge on any atom is -0.348 e. The number of fused-ring (bicyclic) bond motifs is 3. The van der Waals surface area contributed by atoms with Crippen molar-refractivity contribution >= 4 is 21.6 Å². The smallest absolute Gasteiger partial charge is 0.265 e. The van der Waals surface area contributed by atoms with Gasteiger partial charge in [-0.3, -0.25) is 9.10 Å². The van der Waals surface area contributed by atoms with Crippen molar-refractivity contribution in [2.75, 3.05) is 10.8 Å². The highest BCUT2D eigenvalue weighted by molar-refractivity contribution is 7.93. The molecule has 31 heavy (non-hydrogen) atoms. The van der Waals surface area contributed by atoms with Gasteiger partial charge in [0.2, 0.25) is 5.91 Å². The van der Waals surface area contributed by atoms with E-state index in [1.54, 1.807) is 18.2 Å². The molecule has 1 N–H and O–H groups in total. The van der Waals surface area contributed by atoms with Crippen LogP contribution in [0.15, 0.2) is 65.6 Å². The zero-order valence-electron chi connectivity index (χ0n) is 18.1. The lowest BCUT2D eigenvalue weighted by Crippen LogP contribution is -2.43. The van der Waals surface area contributed by atoms with Crippen molar-refractivity contribution in [2.45, 2.75) is 38.6 Å². The highest BCUT2D eigenvalue weighted by Crippen LogP contribution is 2.43. The predicted octanol–water partition coefficient (Wildman–Crippen LogP) is 4.66. The van der Waals surface area contributed by atoms with Gasteiger partial charge in [-0.25, -0.2) is 8.42 Å². The Hall–Kier alpha value is -3.12. The van der Waals surface area contributed by atoms with Crippen LogP contribution < -0.4 is 9.62 Å². The van der Waals surface area contributed by atoms with Gasteiger partial charge in [0.1, 0.15) is 6.54 Å². The lowest BCUT2D eigenvalue weighted by Gasteiger charge is -2.32. The summed E-state index contributed by atoms with van der Waals surface area (Å²) in [5.41, 5.74) is 6.26. The molecule has 1 atom stereocenters. The molecule has 0 unspecified atom stereocenters. The van der Waals surface area contributed by atoms with E-state index in [1.807, 2.05) is 70.2 Å². The van der Waals surface area contributed by atoms with Crippen LogP contribution >= 0.6 is 0 Å². The number of amides is 1. The SMILES string of the molecule is Cc1ccc2c(c1)-c1ccccc1S(=O)(=O)N2CC(=O)N[C@@H](C)c1cc(C)ccc1C. The molecule has 0 aliphatic carbocycles. The number of nitrogens with one attached hydrogen (secondary N) is 1. The number of carbonyl (C=O) groups excluding carboxylic acids is 1. The van der Waals surface area contributed by atoms with Gasteiger partial charge in [-0.2, -0.15) is 0 Å². The largest absolute Gasteiger partial charge is 0.348 e. The number of rotatable bonds is 4. The summed E-state index contributed by atoms with van der Waals surface area (Å²) in [6.45, 7) is 7.62. The Morgan fingerprint density at radius 3 is 2.39 bits per heavy atom. The van der Waals surface area contributed by atoms with E-state index in [0.717, 1.165) is 27.8 Å². The summed E-state index contributed by atoms with van der Waals surface area (Å²) < 4.78 is 28.0. The molecule has 0 saturated heterocycles. The minimum absolute atomic E-state index is 0.225. The number of nitrogens with zero attached hydrogens (tertiary/aromatic N) is 1. The second-order valence-electron chi connectivity index (χ2n) is 8.18. The third kappa shape index (κ3) is 3.83.